The van der Waals surface area contributed by atoms with E-state index in [1.807, 2.05) is 29.2 Å². The topological polar surface area (TPSA) is 80.5 Å². The molecule has 0 aliphatic carbocycles. The normalized spacial score (nSPS) is 24.6. The smallest absolute Gasteiger partial charge is 0.255 e. The molecule has 2 saturated heterocycles. The van der Waals surface area contributed by atoms with Crippen LogP contribution in [-0.2, 0) is 4.74 Å². The third kappa shape index (κ3) is 4.07. The van der Waals surface area contributed by atoms with E-state index >= 15 is 0 Å². The Labute approximate surface area is 171 Å². The van der Waals surface area contributed by atoms with Crippen molar-refractivity contribution in [3.8, 4) is 5.69 Å². The number of piperidine rings is 1. The highest BCUT2D eigenvalue weighted by Crippen LogP contribution is 2.42. The van der Waals surface area contributed by atoms with Crippen LogP contribution in [0.4, 0.5) is 0 Å². The van der Waals surface area contributed by atoms with Crippen LogP contribution in [0.2, 0.25) is 0 Å². The number of aromatic nitrogens is 3. The molecular weight excluding hydrogens is 368 g/mol. The lowest BCUT2D eigenvalue weighted by Gasteiger charge is -2.50. The van der Waals surface area contributed by atoms with Crippen molar-refractivity contribution in [3.05, 3.63) is 42.5 Å². The predicted octanol–water partition coefficient (Wildman–Crippen LogP) is 2.83. The van der Waals surface area contributed by atoms with Crippen molar-refractivity contribution < 1.29 is 14.6 Å². The lowest BCUT2D eigenvalue weighted by Crippen LogP contribution is -2.55. The van der Waals surface area contributed by atoms with Gasteiger partial charge in [-0.15, -0.1) is 10.2 Å². The summed E-state index contributed by atoms with van der Waals surface area (Å²) in [6.45, 7) is 7.72. The van der Waals surface area contributed by atoms with E-state index in [1.54, 1.807) is 17.2 Å². The van der Waals surface area contributed by atoms with Crippen molar-refractivity contribution in [3.63, 3.8) is 0 Å². The molecule has 2 aromatic rings. The number of likely N-dealkylation sites (tertiary alicyclic amines) is 1. The van der Waals surface area contributed by atoms with Gasteiger partial charge in [-0.2, -0.15) is 0 Å². The van der Waals surface area contributed by atoms with E-state index in [9.17, 15) is 9.90 Å². The summed E-state index contributed by atoms with van der Waals surface area (Å²) in [5, 5.41) is 18.2. The number of carbonyl (C=O) groups excluding carboxylic acids is 1. The SMILES string of the molecule is CC(C)(C)[C@H]1C[C@@H](O)CC2(CCN(C(=O)c3ccccc3-n3cnnc3)CC2)O1. The number of benzene rings is 1. The highest BCUT2D eigenvalue weighted by molar-refractivity contribution is 5.97. The minimum absolute atomic E-state index is 0.00730. The molecule has 2 aliphatic rings. The van der Waals surface area contributed by atoms with Crippen LogP contribution in [0.5, 0.6) is 0 Å². The standard InChI is InChI=1S/C22H30N4O3/c1-21(2,3)19-12-16(27)13-22(29-19)8-10-25(11-9-22)20(28)17-6-4-5-7-18(17)26-14-23-24-15-26/h4-7,14-16,19,27H,8-13H2,1-3H3/t16-,19-/m1/s1. The van der Waals surface area contributed by atoms with E-state index in [4.69, 9.17) is 4.74 Å². The van der Waals surface area contributed by atoms with E-state index in [2.05, 4.69) is 31.0 Å². The van der Waals surface area contributed by atoms with Crippen LogP contribution >= 0.6 is 0 Å². The Morgan fingerprint density at radius 1 is 1.17 bits per heavy atom. The van der Waals surface area contributed by atoms with Crippen molar-refractivity contribution in [2.45, 2.75) is 64.3 Å². The Bertz CT molecular complexity index is 851. The molecule has 2 aliphatic heterocycles. The molecule has 29 heavy (non-hydrogen) atoms. The lowest BCUT2D eigenvalue weighted by atomic mass is 9.76. The Morgan fingerprint density at radius 3 is 2.48 bits per heavy atom. The van der Waals surface area contributed by atoms with Crippen molar-refractivity contribution in [2.24, 2.45) is 5.41 Å². The van der Waals surface area contributed by atoms with Gasteiger partial charge in [0.1, 0.15) is 12.7 Å². The average molecular weight is 399 g/mol. The highest BCUT2D eigenvalue weighted by atomic mass is 16.5. The fourth-order valence-electron chi connectivity index (χ4n) is 4.50. The number of amides is 1. The molecule has 0 saturated carbocycles. The fourth-order valence-corrected chi connectivity index (χ4v) is 4.50. The number of ether oxygens (including phenoxy) is 1. The second kappa shape index (κ2) is 7.54. The predicted molar refractivity (Wildman–Crippen MR) is 109 cm³/mol. The Kier molecular flexibility index (Phi) is 5.21. The van der Waals surface area contributed by atoms with Gasteiger partial charge in [0.05, 0.1) is 29.1 Å². The molecule has 1 N–H and O–H groups in total. The van der Waals surface area contributed by atoms with Gasteiger partial charge in [0.2, 0.25) is 0 Å². The number of carbonyl (C=O) groups is 1. The molecule has 1 spiro atoms. The maximum Gasteiger partial charge on any atom is 0.255 e. The minimum atomic E-state index is -0.343. The largest absolute Gasteiger partial charge is 0.393 e. The second-order valence-electron chi connectivity index (χ2n) is 9.43. The highest BCUT2D eigenvalue weighted by Gasteiger charge is 2.46. The number of hydrogen-bond acceptors (Lipinski definition) is 5. The van der Waals surface area contributed by atoms with Crippen molar-refractivity contribution in [1.82, 2.24) is 19.7 Å². The van der Waals surface area contributed by atoms with Crippen molar-refractivity contribution >= 4 is 5.91 Å². The van der Waals surface area contributed by atoms with Gasteiger partial charge >= 0.3 is 0 Å². The third-order valence-electron chi connectivity index (χ3n) is 6.25. The van der Waals surface area contributed by atoms with Crippen LogP contribution in [-0.4, -0.2) is 61.6 Å². The van der Waals surface area contributed by atoms with Gasteiger partial charge < -0.3 is 14.7 Å². The van der Waals surface area contributed by atoms with Gasteiger partial charge in [0.25, 0.3) is 5.91 Å². The lowest BCUT2D eigenvalue weighted by molar-refractivity contribution is -0.205. The summed E-state index contributed by atoms with van der Waals surface area (Å²) >= 11 is 0. The maximum absolute atomic E-state index is 13.3. The van der Waals surface area contributed by atoms with E-state index in [-0.39, 0.29) is 29.1 Å². The average Bonchev–Trinajstić information content (AvgIpc) is 3.21. The number of aliphatic hydroxyl groups excluding tert-OH is 1. The molecule has 2 atom stereocenters. The summed E-state index contributed by atoms with van der Waals surface area (Å²) < 4.78 is 8.30. The first-order valence-corrected chi connectivity index (χ1v) is 10.4. The molecule has 1 amide bonds. The van der Waals surface area contributed by atoms with Gasteiger partial charge in [-0.05, 0) is 30.4 Å². The molecule has 7 heteroatoms. The van der Waals surface area contributed by atoms with Crippen LogP contribution in [0.3, 0.4) is 0 Å². The van der Waals surface area contributed by atoms with Crippen molar-refractivity contribution in [2.75, 3.05) is 13.1 Å². The summed E-state index contributed by atoms with van der Waals surface area (Å²) in [6, 6.07) is 7.53. The first-order chi connectivity index (χ1) is 13.8. The molecule has 1 aromatic carbocycles. The molecule has 0 radical (unpaired) electrons. The minimum Gasteiger partial charge on any atom is -0.393 e. The Hall–Kier alpha value is -2.25. The summed E-state index contributed by atoms with van der Waals surface area (Å²) in [5.41, 5.74) is 1.07. The van der Waals surface area contributed by atoms with E-state index in [0.29, 0.717) is 31.5 Å². The zero-order valence-corrected chi connectivity index (χ0v) is 17.4. The summed E-state index contributed by atoms with van der Waals surface area (Å²) in [7, 11) is 0. The Morgan fingerprint density at radius 2 is 1.83 bits per heavy atom. The summed E-state index contributed by atoms with van der Waals surface area (Å²) in [6.07, 6.45) is 5.71. The van der Waals surface area contributed by atoms with Gasteiger partial charge in [-0.25, -0.2) is 0 Å². The molecule has 1 aromatic heterocycles. The monoisotopic (exact) mass is 398 g/mol. The van der Waals surface area contributed by atoms with Crippen LogP contribution in [0.25, 0.3) is 5.69 Å². The molecular formula is C22H30N4O3. The fraction of sp³-hybridized carbons (Fsp3) is 0.591. The molecule has 0 bridgehead atoms. The van der Waals surface area contributed by atoms with E-state index in [0.717, 1.165) is 18.5 Å². The van der Waals surface area contributed by atoms with E-state index in [1.165, 1.54) is 0 Å². The first kappa shape index (κ1) is 20.0. The van der Waals surface area contributed by atoms with Crippen LogP contribution < -0.4 is 0 Å². The number of hydrogen-bond donors (Lipinski definition) is 1. The van der Waals surface area contributed by atoms with Crippen LogP contribution in [0.15, 0.2) is 36.9 Å². The number of aliphatic hydroxyl groups is 1. The quantitative estimate of drug-likeness (QED) is 0.841. The summed E-state index contributed by atoms with van der Waals surface area (Å²) in [4.78, 5) is 15.2. The summed E-state index contributed by atoms with van der Waals surface area (Å²) in [5.74, 6) is 0.00730. The maximum atomic E-state index is 13.3. The van der Waals surface area contributed by atoms with Crippen LogP contribution in [0.1, 0.15) is 56.8 Å². The van der Waals surface area contributed by atoms with Crippen LogP contribution in [0, 0.1) is 5.41 Å². The molecule has 156 valence electrons. The zero-order chi connectivity index (χ0) is 20.6. The number of rotatable bonds is 2. The molecule has 7 nitrogen and oxygen atoms in total. The first-order valence-electron chi connectivity index (χ1n) is 10.4. The Balaban J connectivity index is 1.49. The number of nitrogens with zero attached hydrogens (tertiary/aromatic N) is 4. The molecule has 2 fully saturated rings. The van der Waals surface area contributed by atoms with Gasteiger partial charge in [0, 0.05) is 25.9 Å². The zero-order valence-electron chi connectivity index (χ0n) is 17.4. The van der Waals surface area contributed by atoms with Gasteiger partial charge in [-0.1, -0.05) is 32.9 Å². The molecule has 3 heterocycles. The number of para-hydroxylation sites is 1. The second-order valence-corrected chi connectivity index (χ2v) is 9.43. The van der Waals surface area contributed by atoms with Gasteiger partial charge in [-0.3, -0.25) is 9.36 Å². The molecule has 0 unspecified atom stereocenters. The third-order valence-corrected chi connectivity index (χ3v) is 6.25. The van der Waals surface area contributed by atoms with Crippen molar-refractivity contribution in [1.29, 1.82) is 0 Å². The van der Waals surface area contributed by atoms with Gasteiger partial charge in [0.15, 0.2) is 0 Å². The molecule has 4 rings (SSSR count). The van der Waals surface area contributed by atoms with E-state index < -0.39 is 0 Å².